The normalized spacial score (nSPS) is 24.8. The molecule has 6 nitrogen and oxygen atoms in total. The highest BCUT2D eigenvalue weighted by Crippen LogP contribution is 2.39. The number of alkyl halides is 1. The van der Waals surface area contributed by atoms with E-state index in [2.05, 4.69) is 4.98 Å². The van der Waals surface area contributed by atoms with E-state index in [1.165, 1.54) is 27.4 Å². The largest absolute Gasteiger partial charge is 0.328 e. The lowest BCUT2D eigenvalue weighted by molar-refractivity contribution is -0.150. The van der Waals surface area contributed by atoms with E-state index in [0.717, 1.165) is 0 Å². The number of sulfonamides is 1. The van der Waals surface area contributed by atoms with Crippen molar-refractivity contribution in [3.05, 3.63) is 58.3 Å². The lowest BCUT2D eigenvalue weighted by Crippen LogP contribution is -2.69. The van der Waals surface area contributed by atoms with Crippen LogP contribution >= 0.6 is 23.2 Å². The Hall–Kier alpha value is -1.74. The van der Waals surface area contributed by atoms with Crippen LogP contribution in [-0.2, 0) is 21.4 Å². The second-order valence-corrected chi connectivity index (χ2v) is 10.2. The fraction of sp³-hybridized carbons (Fsp3) is 0.400. The van der Waals surface area contributed by atoms with E-state index in [4.69, 9.17) is 23.2 Å². The third-order valence-corrected chi connectivity index (χ3v) is 8.00. The summed E-state index contributed by atoms with van der Waals surface area (Å²) in [7, 11) is -4.10. The highest BCUT2D eigenvalue weighted by molar-refractivity contribution is 7.89. The number of nitrogens with zero attached hydrogens (tertiary/aromatic N) is 3. The summed E-state index contributed by atoms with van der Waals surface area (Å²) in [4.78, 5) is 18.9. The number of rotatable bonds is 5. The van der Waals surface area contributed by atoms with Gasteiger partial charge in [0.25, 0.3) is 0 Å². The summed E-state index contributed by atoms with van der Waals surface area (Å²) in [6.45, 7) is -0.712. The molecule has 1 unspecified atom stereocenters. The first-order chi connectivity index (χ1) is 14.3. The molecule has 3 heterocycles. The number of fused-ring (bicyclic) bond motifs is 2. The van der Waals surface area contributed by atoms with Crippen molar-refractivity contribution in [2.45, 2.75) is 48.8 Å². The number of halogens is 3. The lowest BCUT2D eigenvalue weighted by atomic mass is 9.88. The molecule has 2 aromatic rings. The maximum Gasteiger partial charge on any atom is 0.244 e. The number of piperazine rings is 1. The number of carbonyl (C=O) groups is 1. The summed E-state index contributed by atoms with van der Waals surface area (Å²) in [5.41, 5.74) is 0.625. The zero-order valence-electron chi connectivity index (χ0n) is 15.9. The maximum atomic E-state index is 14.2. The summed E-state index contributed by atoms with van der Waals surface area (Å²) in [5.74, 6) is -0.407. The first-order valence-electron chi connectivity index (χ1n) is 9.59. The van der Waals surface area contributed by atoms with Gasteiger partial charge in [0.15, 0.2) is 0 Å². The number of piperidine rings is 1. The van der Waals surface area contributed by atoms with E-state index in [1.54, 1.807) is 24.4 Å². The minimum Gasteiger partial charge on any atom is -0.328 e. The molecular weight excluding hydrogens is 452 g/mol. The second-order valence-electron chi connectivity index (χ2n) is 7.46. The Kier molecular flexibility index (Phi) is 6.03. The quantitative estimate of drug-likeness (QED) is 0.666. The van der Waals surface area contributed by atoms with E-state index in [0.29, 0.717) is 25.0 Å². The average Bonchev–Trinajstić information content (AvgIpc) is 2.72. The molecule has 1 aromatic heterocycles. The number of benzene rings is 1. The molecule has 2 aliphatic heterocycles. The third kappa shape index (κ3) is 3.82. The summed E-state index contributed by atoms with van der Waals surface area (Å²) >= 11 is 12.0. The Morgan fingerprint density at radius 1 is 1.13 bits per heavy atom. The van der Waals surface area contributed by atoms with Crippen molar-refractivity contribution in [3.63, 3.8) is 0 Å². The van der Waals surface area contributed by atoms with Gasteiger partial charge in [-0.2, -0.15) is 4.31 Å². The fourth-order valence-electron chi connectivity index (χ4n) is 4.36. The van der Waals surface area contributed by atoms with Crippen molar-refractivity contribution in [2.24, 2.45) is 0 Å². The molecule has 2 bridgehead atoms. The van der Waals surface area contributed by atoms with Gasteiger partial charge in [-0.1, -0.05) is 29.3 Å². The van der Waals surface area contributed by atoms with Crippen LogP contribution in [-0.4, -0.2) is 53.3 Å². The monoisotopic (exact) mass is 471 g/mol. The number of hydrogen-bond acceptors (Lipinski definition) is 4. The van der Waals surface area contributed by atoms with Crippen LogP contribution in [0.2, 0.25) is 10.0 Å². The molecule has 0 saturated carbocycles. The summed E-state index contributed by atoms with van der Waals surface area (Å²) < 4.78 is 42.3. The average molecular weight is 472 g/mol. The van der Waals surface area contributed by atoms with Crippen LogP contribution in [0.25, 0.3) is 0 Å². The van der Waals surface area contributed by atoms with Crippen molar-refractivity contribution < 1.29 is 17.6 Å². The van der Waals surface area contributed by atoms with Gasteiger partial charge in [-0.15, -0.1) is 0 Å². The predicted molar refractivity (Wildman–Crippen MR) is 111 cm³/mol. The van der Waals surface area contributed by atoms with Gasteiger partial charge in [-0.25, -0.2) is 12.8 Å². The minimum absolute atomic E-state index is 0.0968. The van der Waals surface area contributed by atoms with Crippen molar-refractivity contribution in [1.82, 2.24) is 14.2 Å². The molecule has 1 aromatic carbocycles. The Morgan fingerprint density at radius 3 is 2.50 bits per heavy atom. The maximum absolute atomic E-state index is 14.2. The molecule has 2 saturated heterocycles. The van der Waals surface area contributed by atoms with Crippen LogP contribution in [0.15, 0.2) is 47.5 Å². The van der Waals surface area contributed by atoms with Crippen molar-refractivity contribution in [2.75, 3.05) is 6.67 Å². The van der Waals surface area contributed by atoms with E-state index in [9.17, 15) is 17.6 Å². The van der Waals surface area contributed by atoms with Crippen molar-refractivity contribution in [1.29, 1.82) is 0 Å². The number of hydrogen-bond donors (Lipinski definition) is 0. The van der Waals surface area contributed by atoms with Gasteiger partial charge >= 0.3 is 0 Å². The van der Waals surface area contributed by atoms with Gasteiger partial charge in [0, 0.05) is 22.3 Å². The van der Waals surface area contributed by atoms with Gasteiger partial charge in [-0.3, -0.25) is 9.78 Å². The number of amides is 1. The van der Waals surface area contributed by atoms with Gasteiger partial charge < -0.3 is 4.90 Å². The third-order valence-electron chi connectivity index (χ3n) is 5.65. The number of aromatic nitrogens is 1. The first-order valence-corrected chi connectivity index (χ1v) is 11.8. The molecule has 0 radical (unpaired) electrons. The van der Waals surface area contributed by atoms with Gasteiger partial charge in [-0.05, 0) is 49.6 Å². The molecule has 2 aliphatic rings. The summed E-state index contributed by atoms with van der Waals surface area (Å²) in [5, 5.41) is 0.349. The highest BCUT2D eigenvalue weighted by atomic mass is 35.5. The van der Waals surface area contributed by atoms with Crippen LogP contribution in [0, 0.1) is 0 Å². The Morgan fingerprint density at radius 2 is 1.87 bits per heavy atom. The number of likely N-dealkylation sites (tertiary alicyclic amines) is 1. The molecule has 10 heteroatoms. The number of pyridine rings is 1. The van der Waals surface area contributed by atoms with Crippen LogP contribution in [0.4, 0.5) is 4.39 Å². The van der Waals surface area contributed by atoms with Crippen LogP contribution in [0.3, 0.4) is 0 Å². The summed E-state index contributed by atoms with van der Waals surface area (Å²) in [6.07, 6.45) is 3.09. The standard InChI is InChI=1S/C20H20Cl2FN3O3S/c21-13-8-14(22)10-16(9-13)30(28,29)26-17-5-3-6-18(26)20(27)25(19(17)11-23)12-15-4-1-2-7-24-15/h1-2,4,7-10,17-19H,3,5-6,11-12H2/t17-,18?,19+/m0/s1. The fourth-order valence-corrected chi connectivity index (χ4v) is 6.94. The lowest BCUT2D eigenvalue weighted by Gasteiger charge is -2.52. The molecule has 3 atom stereocenters. The first kappa shape index (κ1) is 21.5. The molecule has 0 aliphatic carbocycles. The molecule has 160 valence electrons. The predicted octanol–water partition coefficient (Wildman–Crippen LogP) is 3.68. The molecule has 4 rings (SSSR count). The van der Waals surface area contributed by atoms with Gasteiger partial charge in [0.1, 0.15) is 12.7 Å². The van der Waals surface area contributed by atoms with Crippen LogP contribution in [0.5, 0.6) is 0 Å². The topological polar surface area (TPSA) is 70.6 Å². The Bertz CT molecular complexity index is 1030. The smallest absolute Gasteiger partial charge is 0.244 e. The zero-order chi connectivity index (χ0) is 21.5. The van der Waals surface area contributed by atoms with Gasteiger partial charge in [0.2, 0.25) is 15.9 Å². The zero-order valence-corrected chi connectivity index (χ0v) is 18.2. The second kappa shape index (κ2) is 8.42. The minimum atomic E-state index is -4.10. The van der Waals surface area contributed by atoms with Crippen molar-refractivity contribution in [3.8, 4) is 0 Å². The van der Waals surface area contributed by atoms with E-state index in [-0.39, 0.29) is 21.5 Å². The van der Waals surface area contributed by atoms with E-state index < -0.39 is 40.7 Å². The summed E-state index contributed by atoms with van der Waals surface area (Å²) in [6, 6.07) is 6.89. The van der Waals surface area contributed by atoms with Crippen LogP contribution < -0.4 is 0 Å². The van der Waals surface area contributed by atoms with Gasteiger partial charge in [0.05, 0.1) is 23.2 Å². The molecule has 1 amide bonds. The number of carbonyl (C=O) groups excluding carboxylic acids is 1. The molecule has 30 heavy (non-hydrogen) atoms. The highest BCUT2D eigenvalue weighted by Gasteiger charge is 2.53. The van der Waals surface area contributed by atoms with E-state index in [1.807, 2.05) is 0 Å². The molecule has 2 fully saturated rings. The molecule has 0 spiro atoms. The molecule has 0 N–H and O–H groups in total. The molecular formula is C20H20Cl2FN3O3S. The van der Waals surface area contributed by atoms with E-state index >= 15 is 0 Å². The van der Waals surface area contributed by atoms with Crippen LogP contribution in [0.1, 0.15) is 25.0 Å². The Balaban J connectivity index is 1.73. The SMILES string of the molecule is O=C1C2CCC[C@@H]([C@@H](CF)N1Cc1ccccn1)N2S(=O)(=O)c1cc(Cl)cc(Cl)c1. The Labute approximate surface area is 184 Å². The van der Waals surface area contributed by atoms with Crippen molar-refractivity contribution >= 4 is 39.1 Å².